The van der Waals surface area contributed by atoms with E-state index in [4.69, 9.17) is 0 Å². The third-order valence-corrected chi connectivity index (χ3v) is 0.915. The fraction of sp³-hybridized carbons (Fsp3) is 0. The van der Waals surface area contributed by atoms with E-state index in [0.29, 0.717) is 11.6 Å². The number of nitrogens with zero attached hydrogens (tertiary/aromatic N) is 6. The summed E-state index contributed by atoms with van der Waals surface area (Å²) in [5, 5.41) is 25.5. The van der Waals surface area contributed by atoms with Crippen molar-refractivity contribution in [2.45, 2.75) is 0 Å². The Morgan fingerprint density at radius 1 is 0.750 bits per heavy atom. The van der Waals surface area contributed by atoms with Crippen LogP contribution in [0.5, 0.6) is 0 Å². The Labute approximate surface area is 97.3 Å². The van der Waals surface area contributed by atoms with Gasteiger partial charge in [-0.1, -0.05) is 0 Å². The van der Waals surface area contributed by atoms with E-state index in [9.17, 15) is 0 Å². The number of tetrazole rings is 2. The van der Waals surface area contributed by atoms with Crippen molar-refractivity contribution in [2.24, 2.45) is 0 Å². The second-order valence-corrected chi connectivity index (χ2v) is 1.50. The molecule has 2 rings (SSSR count). The number of aromatic amines is 2. The van der Waals surface area contributed by atoms with Gasteiger partial charge in [-0.25, -0.2) is 10.2 Å². The average Bonchev–Trinajstić information content (AvgIpc) is 2.59. The molecule has 0 unspecified atom stereocenters. The number of aromatic nitrogens is 8. The topological polar surface area (TPSA) is 109 Å². The van der Waals surface area contributed by atoms with Gasteiger partial charge in [0.05, 0.1) is 0 Å². The second kappa shape index (κ2) is 5.30. The molecule has 0 spiro atoms. The molecule has 0 aromatic carbocycles. The third kappa shape index (κ3) is 2.30. The van der Waals surface area contributed by atoms with E-state index >= 15 is 0 Å². The van der Waals surface area contributed by atoms with Gasteiger partial charge in [-0.05, 0) is 20.9 Å². The van der Waals surface area contributed by atoms with E-state index in [1.54, 1.807) is 0 Å². The molecule has 0 fully saturated rings. The van der Waals surface area contributed by atoms with Crippen molar-refractivity contribution in [3.63, 3.8) is 0 Å². The van der Waals surface area contributed by atoms with Crippen LogP contribution in [0.3, 0.4) is 0 Å². The van der Waals surface area contributed by atoms with Gasteiger partial charge in [0.25, 0.3) is 0 Å². The molecule has 2 N–H and O–H groups in total. The molecule has 10 heteroatoms. The summed E-state index contributed by atoms with van der Waals surface area (Å²) >= 11 is 0. The van der Waals surface area contributed by atoms with E-state index in [1.807, 2.05) is 0 Å². The third-order valence-electron chi connectivity index (χ3n) is 0.915. The molecule has 0 amide bonds. The van der Waals surface area contributed by atoms with E-state index in [-0.39, 0.29) is 44.8 Å². The van der Waals surface area contributed by atoms with E-state index in [1.165, 1.54) is 0 Å². The van der Waals surface area contributed by atoms with Gasteiger partial charge in [-0.2, -0.15) is 0 Å². The van der Waals surface area contributed by atoms with Gasteiger partial charge in [0.15, 0.2) is 0 Å². The molecule has 0 saturated carbocycles. The summed E-state index contributed by atoms with van der Waals surface area (Å²) in [5.41, 5.74) is 0. The van der Waals surface area contributed by atoms with Gasteiger partial charge < -0.3 is 0 Å². The van der Waals surface area contributed by atoms with Crippen LogP contribution in [0.25, 0.3) is 11.6 Å². The van der Waals surface area contributed by atoms with Gasteiger partial charge in [0.2, 0.25) is 11.6 Å². The minimum atomic E-state index is 0. The molecule has 0 aliphatic carbocycles. The first-order valence-electron chi connectivity index (χ1n) is 2.44. The molecule has 0 aliphatic heterocycles. The van der Waals surface area contributed by atoms with Gasteiger partial charge in [-0.3, -0.25) is 0 Å². The van der Waals surface area contributed by atoms with Crippen molar-refractivity contribution in [1.29, 1.82) is 0 Å². The minimum absolute atomic E-state index is 0. The predicted octanol–water partition coefficient (Wildman–Crippen LogP) is -1.63. The molecule has 12 heavy (non-hydrogen) atoms. The average molecular weight is 354 g/mol. The molecule has 2 aromatic heterocycles. The largest absolute Gasteiger partial charge is 0.236 e. The Morgan fingerprint density at radius 2 is 1.17 bits per heavy atom. The maximum absolute atomic E-state index is 3.57. The van der Waals surface area contributed by atoms with Crippen molar-refractivity contribution in [3.05, 3.63) is 0 Å². The summed E-state index contributed by atoms with van der Waals surface area (Å²) < 4.78 is 0. The van der Waals surface area contributed by atoms with Gasteiger partial charge in [0, 0.05) is 44.8 Å². The zero-order valence-corrected chi connectivity index (χ0v) is 8.25. The molecule has 0 atom stereocenters. The molecule has 0 aliphatic rings. The molecule has 2 heterocycles. The van der Waals surface area contributed by atoms with Crippen LogP contribution in [0.2, 0.25) is 0 Å². The summed E-state index contributed by atoms with van der Waals surface area (Å²) in [5.74, 6) is 0.843. The van der Waals surface area contributed by atoms with E-state index < -0.39 is 0 Å². The van der Waals surface area contributed by atoms with Crippen LogP contribution < -0.4 is 0 Å². The standard InChI is InChI=1S/C2H2N8.2Ag/c3-1(4-8-7-3)2-5-9-10-6-2;;/h(H,3,4,7,8)(H,5,6,9,10);;. The summed E-state index contributed by atoms with van der Waals surface area (Å²) in [6, 6.07) is 0. The fourth-order valence-corrected chi connectivity index (χ4v) is 0.519. The second-order valence-electron chi connectivity index (χ2n) is 1.50. The molecular formula is C2H2Ag2N8. The number of hydrogen-bond acceptors (Lipinski definition) is 6. The monoisotopic (exact) mass is 352 g/mol. The van der Waals surface area contributed by atoms with Crippen LogP contribution in [0.4, 0.5) is 0 Å². The molecule has 2 aromatic rings. The molecule has 72 valence electrons. The van der Waals surface area contributed by atoms with Crippen LogP contribution in [0.15, 0.2) is 0 Å². The van der Waals surface area contributed by atoms with Crippen LogP contribution in [0, 0.1) is 0 Å². The van der Waals surface area contributed by atoms with Crippen molar-refractivity contribution < 1.29 is 44.8 Å². The quantitative estimate of drug-likeness (QED) is 0.596. The summed E-state index contributed by atoms with van der Waals surface area (Å²) in [7, 11) is 0. The first-order chi connectivity index (χ1) is 4.97. The van der Waals surface area contributed by atoms with Crippen LogP contribution >= 0.6 is 0 Å². The Bertz CT molecular complexity index is 254. The molecule has 8 nitrogen and oxygen atoms in total. The van der Waals surface area contributed by atoms with Crippen LogP contribution in [-0.2, 0) is 44.8 Å². The summed E-state index contributed by atoms with van der Waals surface area (Å²) in [6.07, 6.45) is 0. The Kier molecular flexibility index (Phi) is 5.13. The number of H-pyrrole nitrogens is 2. The van der Waals surface area contributed by atoms with E-state index in [2.05, 4.69) is 41.2 Å². The first-order valence-corrected chi connectivity index (χ1v) is 2.44. The Balaban J connectivity index is 0.000000605. The summed E-state index contributed by atoms with van der Waals surface area (Å²) in [4.78, 5) is 0. The van der Waals surface area contributed by atoms with Crippen molar-refractivity contribution in [2.75, 3.05) is 0 Å². The van der Waals surface area contributed by atoms with Gasteiger partial charge >= 0.3 is 0 Å². The maximum atomic E-state index is 3.57. The fourth-order valence-electron chi connectivity index (χ4n) is 0.519. The van der Waals surface area contributed by atoms with Gasteiger partial charge in [0.1, 0.15) is 0 Å². The van der Waals surface area contributed by atoms with Crippen molar-refractivity contribution >= 4 is 0 Å². The van der Waals surface area contributed by atoms with E-state index in [0.717, 1.165) is 0 Å². The Hall–Kier alpha value is -0.379. The van der Waals surface area contributed by atoms with Gasteiger partial charge in [-0.15, -0.1) is 10.2 Å². The summed E-state index contributed by atoms with van der Waals surface area (Å²) in [6.45, 7) is 0. The van der Waals surface area contributed by atoms with Crippen molar-refractivity contribution in [3.8, 4) is 11.6 Å². The van der Waals surface area contributed by atoms with Crippen LogP contribution in [-0.4, -0.2) is 41.2 Å². The maximum Gasteiger partial charge on any atom is 0.218 e. The zero-order valence-electron chi connectivity index (χ0n) is 5.29. The minimum Gasteiger partial charge on any atom is -0.236 e. The molecule has 0 saturated heterocycles. The number of hydrogen-bond donors (Lipinski definition) is 2. The predicted molar refractivity (Wildman–Crippen MR) is 27.3 cm³/mol. The molecular weight excluding hydrogens is 352 g/mol. The first kappa shape index (κ1) is 11.6. The zero-order chi connectivity index (χ0) is 6.81. The Morgan fingerprint density at radius 3 is 1.42 bits per heavy atom. The smallest absolute Gasteiger partial charge is 0.218 e. The number of rotatable bonds is 1. The number of nitrogens with one attached hydrogen (secondary N) is 2. The van der Waals surface area contributed by atoms with Crippen molar-refractivity contribution in [1.82, 2.24) is 41.2 Å². The van der Waals surface area contributed by atoms with Crippen LogP contribution in [0.1, 0.15) is 0 Å². The SMILES string of the molecule is [Ag].[Ag].n1n[nH]c(-c2nnn[nH]2)n1. The molecule has 2 radical (unpaired) electrons. The molecule has 0 bridgehead atoms. The normalized spacial score (nSPS) is 8.33.